The first-order chi connectivity index (χ1) is 15.4. The highest BCUT2D eigenvalue weighted by Crippen LogP contribution is 2.31. The molecule has 0 radical (unpaired) electrons. The zero-order valence-corrected chi connectivity index (χ0v) is 18.3. The molecule has 4 rings (SSSR count). The van der Waals surface area contributed by atoms with E-state index in [9.17, 15) is 14.4 Å². The van der Waals surface area contributed by atoms with Gasteiger partial charge in [0.25, 0.3) is 11.8 Å². The van der Waals surface area contributed by atoms with Crippen molar-refractivity contribution >= 4 is 35.3 Å². The lowest BCUT2D eigenvalue weighted by molar-refractivity contribution is -0.122. The van der Waals surface area contributed by atoms with Gasteiger partial charge in [0.05, 0.1) is 26.0 Å². The number of hydrogen-bond acceptors (Lipinski definition) is 6. The number of ether oxygens (including phenoxy) is 2. The number of carbonyl (C=O) groups excluding carboxylic acids is 3. The Hall–Kier alpha value is -3.65. The number of carbonyl (C=O) groups is 3. The van der Waals surface area contributed by atoms with E-state index in [0.29, 0.717) is 30.2 Å². The average Bonchev–Trinajstić information content (AvgIpc) is 2.80. The van der Waals surface area contributed by atoms with Crippen LogP contribution in [0.5, 0.6) is 5.75 Å². The first-order valence-electron chi connectivity index (χ1n) is 10.4. The highest BCUT2D eigenvalue weighted by molar-refractivity contribution is 6.39. The van der Waals surface area contributed by atoms with E-state index in [1.807, 2.05) is 32.0 Å². The molecule has 2 fully saturated rings. The van der Waals surface area contributed by atoms with Crippen LogP contribution >= 0.6 is 0 Å². The van der Waals surface area contributed by atoms with Crippen molar-refractivity contribution in [3.05, 3.63) is 58.7 Å². The molecule has 0 aromatic heterocycles. The number of methoxy groups -OCH3 is 1. The normalized spacial score (nSPS) is 18.2. The van der Waals surface area contributed by atoms with Crippen LogP contribution in [0, 0.1) is 13.8 Å². The first-order valence-corrected chi connectivity index (χ1v) is 10.4. The fraction of sp³-hybridized carbons (Fsp3) is 0.292. The van der Waals surface area contributed by atoms with Crippen molar-refractivity contribution in [1.82, 2.24) is 5.32 Å². The smallest absolute Gasteiger partial charge is 0.335 e. The molecule has 0 bridgehead atoms. The summed E-state index contributed by atoms with van der Waals surface area (Å²) >= 11 is 0. The Morgan fingerprint density at radius 3 is 2.53 bits per heavy atom. The minimum absolute atomic E-state index is 0.136. The van der Waals surface area contributed by atoms with Crippen LogP contribution in [0.4, 0.5) is 16.2 Å². The van der Waals surface area contributed by atoms with Gasteiger partial charge in [-0.3, -0.25) is 14.9 Å². The number of amides is 4. The summed E-state index contributed by atoms with van der Waals surface area (Å²) in [6.45, 7) is 6.59. The molecular formula is C24H25N3O5. The highest BCUT2D eigenvalue weighted by atomic mass is 16.5. The lowest BCUT2D eigenvalue weighted by atomic mass is 10.0. The Morgan fingerprint density at radius 2 is 1.81 bits per heavy atom. The third-order valence-corrected chi connectivity index (χ3v) is 5.81. The van der Waals surface area contributed by atoms with Crippen molar-refractivity contribution in [3.8, 4) is 5.75 Å². The van der Waals surface area contributed by atoms with Gasteiger partial charge in [0.1, 0.15) is 11.3 Å². The summed E-state index contributed by atoms with van der Waals surface area (Å²) in [7, 11) is 1.54. The number of morpholine rings is 1. The molecule has 1 N–H and O–H groups in total. The highest BCUT2D eigenvalue weighted by Gasteiger charge is 2.37. The molecule has 0 atom stereocenters. The molecule has 2 heterocycles. The molecule has 0 aliphatic carbocycles. The summed E-state index contributed by atoms with van der Waals surface area (Å²) in [5, 5.41) is 2.27. The SMILES string of the molecule is COc1cc(N2CCOCC2)ccc1/C=C1\C(=O)NC(=O)N(c2cccc(C)c2C)C1=O. The van der Waals surface area contributed by atoms with Crippen molar-refractivity contribution in [2.45, 2.75) is 13.8 Å². The van der Waals surface area contributed by atoms with Crippen LogP contribution < -0.4 is 19.9 Å². The molecule has 2 aromatic carbocycles. The molecule has 2 aliphatic heterocycles. The van der Waals surface area contributed by atoms with E-state index < -0.39 is 17.8 Å². The fourth-order valence-corrected chi connectivity index (χ4v) is 3.85. The number of barbiturate groups is 1. The summed E-state index contributed by atoms with van der Waals surface area (Å²) in [4.78, 5) is 41.5. The molecule has 8 nitrogen and oxygen atoms in total. The van der Waals surface area contributed by atoms with Crippen molar-refractivity contribution in [2.75, 3.05) is 43.2 Å². The van der Waals surface area contributed by atoms with Crippen molar-refractivity contribution in [3.63, 3.8) is 0 Å². The Kier molecular flexibility index (Phi) is 5.96. The van der Waals surface area contributed by atoms with E-state index in [2.05, 4.69) is 10.2 Å². The predicted molar refractivity (Wildman–Crippen MR) is 121 cm³/mol. The van der Waals surface area contributed by atoms with Gasteiger partial charge in [-0.2, -0.15) is 0 Å². The first kappa shape index (κ1) is 21.6. The summed E-state index contributed by atoms with van der Waals surface area (Å²) in [6, 6.07) is 10.2. The number of urea groups is 1. The van der Waals surface area contributed by atoms with Crippen LogP contribution in [0.25, 0.3) is 6.08 Å². The zero-order valence-electron chi connectivity index (χ0n) is 18.3. The molecule has 8 heteroatoms. The minimum Gasteiger partial charge on any atom is -0.496 e. The zero-order chi connectivity index (χ0) is 22.8. The van der Waals surface area contributed by atoms with E-state index in [1.165, 1.54) is 13.2 Å². The van der Waals surface area contributed by atoms with Crippen LogP contribution in [-0.4, -0.2) is 51.3 Å². The maximum atomic E-state index is 13.2. The fourth-order valence-electron chi connectivity index (χ4n) is 3.85. The number of rotatable bonds is 4. The maximum Gasteiger partial charge on any atom is 0.335 e. The van der Waals surface area contributed by atoms with Crippen LogP contribution in [0.2, 0.25) is 0 Å². The second-order valence-corrected chi connectivity index (χ2v) is 7.70. The molecule has 2 aromatic rings. The van der Waals surface area contributed by atoms with Gasteiger partial charge in [0, 0.05) is 30.4 Å². The molecule has 4 amide bonds. The number of hydrogen-bond donors (Lipinski definition) is 1. The van der Waals surface area contributed by atoms with Crippen molar-refractivity contribution in [2.24, 2.45) is 0 Å². The summed E-state index contributed by atoms with van der Waals surface area (Å²) in [5.41, 5.74) is 3.57. The number of aryl methyl sites for hydroxylation is 1. The second kappa shape index (κ2) is 8.84. The van der Waals surface area contributed by atoms with Gasteiger partial charge in [-0.1, -0.05) is 12.1 Å². The Balaban J connectivity index is 1.70. The van der Waals surface area contributed by atoms with Crippen LogP contribution in [0.15, 0.2) is 42.0 Å². The van der Waals surface area contributed by atoms with Gasteiger partial charge in [-0.15, -0.1) is 0 Å². The Labute approximate surface area is 186 Å². The van der Waals surface area contributed by atoms with Gasteiger partial charge in [-0.05, 0) is 49.2 Å². The molecule has 32 heavy (non-hydrogen) atoms. The lowest BCUT2D eigenvalue weighted by Crippen LogP contribution is -2.54. The molecule has 166 valence electrons. The van der Waals surface area contributed by atoms with E-state index in [1.54, 1.807) is 18.2 Å². The number of imide groups is 2. The molecular weight excluding hydrogens is 410 g/mol. The third-order valence-electron chi connectivity index (χ3n) is 5.81. The van der Waals surface area contributed by atoms with Gasteiger partial charge in [0.2, 0.25) is 0 Å². The standard InChI is InChI=1S/C24H25N3O5/c1-15-5-4-6-20(16(15)2)27-23(29)19(22(28)25-24(27)30)13-17-7-8-18(14-21(17)31-3)26-9-11-32-12-10-26/h4-8,13-14H,9-12H2,1-3H3,(H,25,28,30)/b19-13+. The molecule has 2 saturated heterocycles. The van der Waals surface area contributed by atoms with Gasteiger partial charge in [-0.25, -0.2) is 9.69 Å². The van der Waals surface area contributed by atoms with E-state index >= 15 is 0 Å². The van der Waals surface area contributed by atoms with E-state index in [-0.39, 0.29) is 5.57 Å². The maximum absolute atomic E-state index is 13.2. The van der Waals surface area contributed by atoms with Crippen LogP contribution in [0.3, 0.4) is 0 Å². The van der Waals surface area contributed by atoms with Crippen molar-refractivity contribution < 1.29 is 23.9 Å². The largest absolute Gasteiger partial charge is 0.496 e. The molecule has 0 unspecified atom stereocenters. The summed E-state index contributed by atoms with van der Waals surface area (Å²) < 4.78 is 10.9. The van der Waals surface area contributed by atoms with E-state index in [0.717, 1.165) is 34.8 Å². The number of nitrogens with one attached hydrogen (secondary N) is 1. The number of benzene rings is 2. The predicted octanol–water partition coefficient (Wildman–Crippen LogP) is 2.82. The number of nitrogens with zero attached hydrogens (tertiary/aromatic N) is 2. The van der Waals surface area contributed by atoms with E-state index in [4.69, 9.17) is 9.47 Å². The van der Waals surface area contributed by atoms with Gasteiger partial charge < -0.3 is 14.4 Å². The Bertz CT molecular complexity index is 1120. The quantitative estimate of drug-likeness (QED) is 0.587. The third kappa shape index (κ3) is 3.97. The van der Waals surface area contributed by atoms with Crippen LogP contribution in [0.1, 0.15) is 16.7 Å². The average molecular weight is 435 g/mol. The summed E-state index contributed by atoms with van der Waals surface area (Å²) in [6.07, 6.45) is 1.46. The van der Waals surface area contributed by atoms with Gasteiger partial charge in [0.15, 0.2) is 0 Å². The number of anilines is 2. The molecule has 0 saturated carbocycles. The van der Waals surface area contributed by atoms with Crippen molar-refractivity contribution in [1.29, 1.82) is 0 Å². The van der Waals surface area contributed by atoms with Crippen LogP contribution in [-0.2, 0) is 14.3 Å². The molecule has 0 spiro atoms. The molecule has 2 aliphatic rings. The topological polar surface area (TPSA) is 88.2 Å². The Morgan fingerprint density at radius 1 is 1.06 bits per heavy atom. The van der Waals surface area contributed by atoms with Gasteiger partial charge >= 0.3 is 6.03 Å². The summed E-state index contributed by atoms with van der Waals surface area (Å²) in [5.74, 6) is -0.884. The second-order valence-electron chi connectivity index (χ2n) is 7.70. The lowest BCUT2D eigenvalue weighted by Gasteiger charge is -2.29. The minimum atomic E-state index is -0.763. The monoisotopic (exact) mass is 435 g/mol.